The maximum absolute atomic E-state index is 12.6. The van der Waals surface area contributed by atoms with Crippen molar-refractivity contribution in [2.75, 3.05) is 19.6 Å². The third-order valence-corrected chi connectivity index (χ3v) is 7.97. The van der Waals surface area contributed by atoms with Gasteiger partial charge in [0.15, 0.2) is 0 Å². The molecule has 0 bridgehead atoms. The maximum Gasteiger partial charge on any atom is 0.490 e. The number of carbonyl (C=O) groups is 2. The molecular weight excluding hydrogens is 483 g/mol. The summed E-state index contributed by atoms with van der Waals surface area (Å²) < 4.78 is 33.9. The SMILES string of the molecule is Cc1ccc(CN2CCC3(CCc4nnc(C(=O)NCC5CC5)n4C3)CC2)s1.O=C(O)C(F)(F)F. The molecule has 12 heteroatoms. The molecule has 1 saturated carbocycles. The molecule has 0 atom stereocenters. The van der Waals surface area contributed by atoms with E-state index in [1.165, 1.54) is 41.9 Å². The number of alkyl halides is 3. The Morgan fingerprint density at radius 2 is 1.89 bits per heavy atom. The van der Waals surface area contributed by atoms with Crippen LogP contribution in [0.3, 0.4) is 0 Å². The highest BCUT2D eigenvalue weighted by molar-refractivity contribution is 7.11. The standard InChI is InChI=1S/C21H29N5OS.C2HF3O2/c1-15-2-5-17(28-15)13-25-10-8-21(9-11-25)7-6-18-23-24-19(26(18)14-21)20(27)22-12-16-3-4-16;3-2(4,5)1(6)7/h2,5,16H,3-4,6-14H2,1H3,(H,22,27);(H,6,7). The van der Waals surface area contributed by atoms with E-state index in [0.29, 0.717) is 17.2 Å². The molecule has 2 fully saturated rings. The number of piperidine rings is 1. The predicted molar refractivity (Wildman–Crippen MR) is 123 cm³/mol. The molecule has 2 N–H and O–H groups in total. The van der Waals surface area contributed by atoms with Gasteiger partial charge in [0.2, 0.25) is 5.82 Å². The van der Waals surface area contributed by atoms with Crippen LogP contribution in [0.2, 0.25) is 0 Å². The first-order valence-corrected chi connectivity index (χ1v) is 12.6. The number of aromatic nitrogens is 3. The number of thiophene rings is 1. The minimum atomic E-state index is -5.08. The van der Waals surface area contributed by atoms with E-state index in [-0.39, 0.29) is 5.91 Å². The van der Waals surface area contributed by atoms with Gasteiger partial charge in [0.05, 0.1) is 0 Å². The first-order valence-electron chi connectivity index (χ1n) is 11.8. The Hall–Kier alpha value is -2.47. The summed E-state index contributed by atoms with van der Waals surface area (Å²) in [5.41, 5.74) is 0.294. The number of aryl methyl sites for hydroxylation is 2. The fourth-order valence-corrected chi connectivity index (χ4v) is 5.60. The van der Waals surface area contributed by atoms with E-state index in [1.54, 1.807) is 0 Å². The lowest BCUT2D eigenvalue weighted by Crippen LogP contribution is -2.44. The van der Waals surface area contributed by atoms with Crippen molar-refractivity contribution in [3.63, 3.8) is 0 Å². The van der Waals surface area contributed by atoms with Gasteiger partial charge in [0.1, 0.15) is 5.82 Å². The Bertz CT molecular complexity index is 1060. The average molecular weight is 514 g/mol. The smallest absolute Gasteiger partial charge is 0.475 e. The zero-order valence-electron chi connectivity index (χ0n) is 19.6. The van der Waals surface area contributed by atoms with Gasteiger partial charge in [0.25, 0.3) is 5.91 Å². The van der Waals surface area contributed by atoms with E-state index in [2.05, 4.69) is 44.0 Å². The maximum atomic E-state index is 12.6. The molecule has 2 aromatic heterocycles. The number of carboxylic acid groups (broad SMARTS) is 1. The molecule has 192 valence electrons. The van der Waals surface area contributed by atoms with Crippen LogP contribution in [0.25, 0.3) is 0 Å². The number of hydrogen-bond acceptors (Lipinski definition) is 6. The summed E-state index contributed by atoms with van der Waals surface area (Å²) in [5.74, 6) is -0.624. The number of carbonyl (C=O) groups excluding carboxylic acids is 1. The van der Waals surface area contributed by atoms with Gasteiger partial charge in [-0.25, -0.2) is 4.79 Å². The van der Waals surface area contributed by atoms with Gasteiger partial charge in [0, 0.05) is 35.8 Å². The van der Waals surface area contributed by atoms with Crippen LogP contribution in [0.5, 0.6) is 0 Å². The Labute approximate surface area is 205 Å². The van der Waals surface area contributed by atoms with E-state index >= 15 is 0 Å². The Balaban J connectivity index is 0.000000364. The largest absolute Gasteiger partial charge is 0.490 e. The first kappa shape index (κ1) is 25.6. The number of fused-ring (bicyclic) bond motifs is 1. The molecule has 8 nitrogen and oxygen atoms in total. The zero-order chi connectivity index (χ0) is 25.2. The highest BCUT2D eigenvalue weighted by Gasteiger charge is 2.40. The minimum absolute atomic E-state index is 0.0480. The quantitative estimate of drug-likeness (QED) is 0.633. The molecule has 35 heavy (non-hydrogen) atoms. The van der Waals surface area contributed by atoms with Gasteiger partial charge in [-0.15, -0.1) is 21.5 Å². The van der Waals surface area contributed by atoms with E-state index in [9.17, 15) is 18.0 Å². The number of halogens is 3. The van der Waals surface area contributed by atoms with Crippen LogP contribution in [0.1, 0.15) is 58.3 Å². The molecule has 0 radical (unpaired) electrons. The van der Waals surface area contributed by atoms with E-state index in [1.807, 2.05) is 11.3 Å². The van der Waals surface area contributed by atoms with Crippen LogP contribution in [0, 0.1) is 18.3 Å². The van der Waals surface area contributed by atoms with Crippen LogP contribution in [0.4, 0.5) is 13.2 Å². The highest BCUT2D eigenvalue weighted by Crippen LogP contribution is 2.41. The zero-order valence-corrected chi connectivity index (χ0v) is 20.4. The van der Waals surface area contributed by atoms with Crippen molar-refractivity contribution in [1.29, 1.82) is 0 Å². The Morgan fingerprint density at radius 3 is 2.46 bits per heavy atom. The Morgan fingerprint density at radius 1 is 1.20 bits per heavy atom. The molecule has 4 heterocycles. The number of nitrogens with one attached hydrogen (secondary N) is 1. The predicted octanol–water partition coefficient (Wildman–Crippen LogP) is 3.65. The highest BCUT2D eigenvalue weighted by atomic mass is 32.1. The third-order valence-electron chi connectivity index (χ3n) is 6.99. The third kappa shape index (κ3) is 6.60. The molecule has 1 spiro atoms. The summed E-state index contributed by atoms with van der Waals surface area (Å²) in [6.45, 7) is 7.20. The number of amides is 1. The molecule has 5 rings (SSSR count). The molecule has 2 aromatic rings. The van der Waals surface area contributed by atoms with Crippen molar-refractivity contribution in [2.45, 2.75) is 64.7 Å². The summed E-state index contributed by atoms with van der Waals surface area (Å²) in [7, 11) is 0. The van der Waals surface area contributed by atoms with Crippen molar-refractivity contribution >= 4 is 23.2 Å². The van der Waals surface area contributed by atoms with Crippen molar-refractivity contribution < 1.29 is 27.9 Å². The van der Waals surface area contributed by atoms with Crippen LogP contribution in [-0.2, 0) is 24.3 Å². The molecule has 1 aliphatic carbocycles. The summed E-state index contributed by atoms with van der Waals surface area (Å²) in [6, 6.07) is 4.48. The van der Waals surface area contributed by atoms with Crippen molar-refractivity contribution in [1.82, 2.24) is 25.0 Å². The van der Waals surface area contributed by atoms with Crippen LogP contribution in [0.15, 0.2) is 12.1 Å². The van der Waals surface area contributed by atoms with Crippen LogP contribution >= 0.6 is 11.3 Å². The van der Waals surface area contributed by atoms with Gasteiger partial charge in [-0.05, 0) is 75.6 Å². The topological polar surface area (TPSA) is 100 Å². The first-order chi connectivity index (χ1) is 16.5. The average Bonchev–Trinajstić information content (AvgIpc) is 3.41. The van der Waals surface area contributed by atoms with Gasteiger partial charge < -0.3 is 15.0 Å². The summed E-state index contributed by atoms with van der Waals surface area (Å²) in [6.07, 6.45) is 1.88. The summed E-state index contributed by atoms with van der Waals surface area (Å²) in [5, 5.41) is 18.7. The molecule has 0 unspecified atom stereocenters. The summed E-state index contributed by atoms with van der Waals surface area (Å²) >= 11 is 1.91. The van der Waals surface area contributed by atoms with Gasteiger partial charge in [-0.2, -0.15) is 13.2 Å². The molecule has 3 aliphatic rings. The Kier molecular flexibility index (Phi) is 7.51. The lowest BCUT2D eigenvalue weighted by Gasteiger charge is -2.44. The van der Waals surface area contributed by atoms with Gasteiger partial charge >= 0.3 is 12.1 Å². The number of likely N-dealkylation sites (tertiary alicyclic amines) is 1. The second kappa shape index (κ2) is 10.3. The minimum Gasteiger partial charge on any atom is -0.475 e. The lowest BCUT2D eigenvalue weighted by atomic mass is 9.73. The van der Waals surface area contributed by atoms with Crippen molar-refractivity contribution in [3.05, 3.63) is 33.5 Å². The number of carboxylic acids is 1. The number of rotatable bonds is 5. The number of nitrogens with zero attached hydrogens (tertiary/aromatic N) is 4. The lowest BCUT2D eigenvalue weighted by molar-refractivity contribution is -0.192. The van der Waals surface area contributed by atoms with E-state index < -0.39 is 12.1 Å². The molecule has 1 saturated heterocycles. The molecule has 1 amide bonds. The second-order valence-corrected chi connectivity index (χ2v) is 11.1. The van der Waals surface area contributed by atoms with Crippen LogP contribution < -0.4 is 5.32 Å². The van der Waals surface area contributed by atoms with E-state index in [0.717, 1.165) is 45.0 Å². The van der Waals surface area contributed by atoms with E-state index in [4.69, 9.17) is 9.90 Å². The van der Waals surface area contributed by atoms with Gasteiger partial charge in [-0.1, -0.05) is 0 Å². The fourth-order valence-electron chi connectivity index (χ4n) is 4.67. The molecule has 2 aliphatic heterocycles. The van der Waals surface area contributed by atoms with Crippen LogP contribution in [-0.4, -0.2) is 62.5 Å². The molecular formula is C23H30F3N5O3S. The normalized spacial score (nSPS) is 19.5. The fraction of sp³-hybridized carbons (Fsp3) is 0.652. The number of hydrogen-bond donors (Lipinski definition) is 2. The monoisotopic (exact) mass is 513 g/mol. The number of aliphatic carboxylic acids is 1. The van der Waals surface area contributed by atoms with Gasteiger partial charge in [-0.3, -0.25) is 9.69 Å². The van der Waals surface area contributed by atoms with Crippen molar-refractivity contribution in [3.8, 4) is 0 Å². The summed E-state index contributed by atoms with van der Waals surface area (Å²) in [4.78, 5) is 26.9. The second-order valence-electron chi connectivity index (χ2n) is 9.77. The molecule has 0 aromatic carbocycles. The van der Waals surface area contributed by atoms with Crippen molar-refractivity contribution in [2.24, 2.45) is 11.3 Å².